The van der Waals surface area contributed by atoms with Crippen LogP contribution in [0.4, 0.5) is 5.69 Å². The quantitative estimate of drug-likeness (QED) is 0.718. The summed E-state index contributed by atoms with van der Waals surface area (Å²) < 4.78 is 0. The van der Waals surface area contributed by atoms with Gasteiger partial charge in [0, 0.05) is 23.2 Å². The average Bonchev–Trinajstić information content (AvgIpc) is 2.65. The van der Waals surface area contributed by atoms with Gasteiger partial charge in [0.15, 0.2) is 7.98 Å². The Morgan fingerprint density at radius 1 is 1.21 bits per heavy atom. The van der Waals surface area contributed by atoms with Crippen molar-refractivity contribution in [2.45, 2.75) is 51.6 Å². The maximum Gasteiger partial charge on any atom is 0.186 e. The summed E-state index contributed by atoms with van der Waals surface area (Å²) in [5.41, 5.74) is 3.41. The molecule has 2 heterocycles. The predicted molar refractivity (Wildman–Crippen MR) is 84.3 cm³/mol. The molecule has 3 heteroatoms. The van der Waals surface area contributed by atoms with Crippen molar-refractivity contribution in [3.63, 3.8) is 0 Å². The van der Waals surface area contributed by atoms with Crippen LogP contribution in [0.15, 0.2) is 24.3 Å². The lowest BCUT2D eigenvalue weighted by atomic mass is 9.75. The van der Waals surface area contributed by atoms with Crippen molar-refractivity contribution in [3.05, 3.63) is 29.8 Å². The zero-order valence-electron chi connectivity index (χ0n) is 12.8. The molecular weight excluding hydrogens is 231 g/mol. The highest BCUT2D eigenvalue weighted by Crippen LogP contribution is 2.49. The van der Waals surface area contributed by atoms with Crippen molar-refractivity contribution in [2.75, 3.05) is 11.9 Å². The van der Waals surface area contributed by atoms with Crippen LogP contribution >= 0.6 is 0 Å². The Kier molecular flexibility index (Phi) is 2.76. The van der Waals surface area contributed by atoms with Gasteiger partial charge in [-0.05, 0) is 43.9 Å². The molecule has 1 aromatic carbocycles. The second-order valence-electron chi connectivity index (χ2n) is 7.68. The highest BCUT2D eigenvalue weighted by molar-refractivity contribution is 6.05. The van der Waals surface area contributed by atoms with Crippen molar-refractivity contribution < 1.29 is 0 Å². The van der Waals surface area contributed by atoms with Crippen molar-refractivity contribution in [1.29, 1.82) is 0 Å². The summed E-state index contributed by atoms with van der Waals surface area (Å²) in [7, 11) is 2.27. The summed E-state index contributed by atoms with van der Waals surface area (Å²) in [5.74, 6) is 0.631. The molecule has 102 valence electrons. The molecule has 1 N–H and O–H groups in total. The minimum atomic E-state index is 0.260. The van der Waals surface area contributed by atoms with E-state index in [0.717, 1.165) is 6.54 Å². The van der Waals surface area contributed by atoms with E-state index in [0.29, 0.717) is 12.0 Å². The Bertz CT molecular complexity index is 495. The molecule has 1 saturated heterocycles. The molecule has 0 aromatic heterocycles. The topological polar surface area (TPSA) is 15.3 Å². The number of nitrogens with zero attached hydrogens (tertiary/aromatic N) is 1. The van der Waals surface area contributed by atoms with Crippen LogP contribution in [-0.4, -0.2) is 30.9 Å². The van der Waals surface area contributed by atoms with Crippen molar-refractivity contribution in [2.24, 2.45) is 5.41 Å². The Morgan fingerprint density at radius 2 is 1.89 bits per heavy atom. The molecule has 2 aliphatic rings. The van der Waals surface area contributed by atoms with Crippen LogP contribution in [0.25, 0.3) is 0 Å². The van der Waals surface area contributed by atoms with E-state index in [1.807, 2.05) is 0 Å². The fourth-order valence-electron chi connectivity index (χ4n) is 3.98. The number of hydrogen-bond donors (Lipinski definition) is 1. The number of para-hydroxylation sites is 1. The van der Waals surface area contributed by atoms with Crippen LogP contribution < -0.4 is 5.32 Å². The standard InChI is InChI=1S/C16H25BN2/c1-15(2)10-19(17)16(3,4)9-12-11-7-5-6-8-13(11)18-14(12)15/h5-8,12,14,18H,9-10,17H2,1-4H3/t12-,14+/m0/s1. The number of hydrogen-bond acceptors (Lipinski definition) is 2. The van der Waals surface area contributed by atoms with E-state index in [1.165, 1.54) is 17.7 Å². The molecule has 0 amide bonds. The highest BCUT2D eigenvalue weighted by Gasteiger charge is 2.48. The third-order valence-electron chi connectivity index (χ3n) is 5.31. The summed E-state index contributed by atoms with van der Waals surface area (Å²) in [6, 6.07) is 9.41. The Hall–Kier alpha value is -0.955. The summed E-state index contributed by atoms with van der Waals surface area (Å²) >= 11 is 0. The van der Waals surface area contributed by atoms with Gasteiger partial charge in [-0.25, -0.2) is 0 Å². The van der Waals surface area contributed by atoms with Crippen LogP contribution in [-0.2, 0) is 0 Å². The van der Waals surface area contributed by atoms with Gasteiger partial charge in [0.05, 0.1) is 0 Å². The van der Waals surface area contributed by atoms with Gasteiger partial charge >= 0.3 is 0 Å². The molecule has 2 atom stereocenters. The largest absolute Gasteiger partial charge is 0.381 e. The molecule has 2 nitrogen and oxygen atoms in total. The van der Waals surface area contributed by atoms with Gasteiger partial charge in [-0.1, -0.05) is 32.0 Å². The van der Waals surface area contributed by atoms with E-state index in [9.17, 15) is 0 Å². The fraction of sp³-hybridized carbons (Fsp3) is 0.625. The van der Waals surface area contributed by atoms with Crippen LogP contribution in [0.1, 0.15) is 45.6 Å². The van der Waals surface area contributed by atoms with Gasteiger partial charge in [-0.15, -0.1) is 0 Å². The van der Waals surface area contributed by atoms with Gasteiger partial charge < -0.3 is 10.1 Å². The minimum absolute atomic E-state index is 0.260. The van der Waals surface area contributed by atoms with Crippen molar-refractivity contribution >= 4 is 13.7 Å². The van der Waals surface area contributed by atoms with E-state index in [1.54, 1.807) is 0 Å². The van der Waals surface area contributed by atoms with Crippen LogP contribution in [0.5, 0.6) is 0 Å². The third-order valence-corrected chi connectivity index (χ3v) is 5.31. The smallest absolute Gasteiger partial charge is 0.186 e. The van der Waals surface area contributed by atoms with Crippen LogP contribution in [0.2, 0.25) is 0 Å². The Morgan fingerprint density at radius 3 is 2.63 bits per heavy atom. The van der Waals surface area contributed by atoms with Gasteiger partial charge in [-0.2, -0.15) is 0 Å². The second-order valence-corrected chi connectivity index (χ2v) is 7.68. The van der Waals surface area contributed by atoms with Crippen LogP contribution in [0, 0.1) is 5.41 Å². The summed E-state index contributed by atoms with van der Waals surface area (Å²) in [5, 5.41) is 3.80. The number of benzene rings is 1. The van der Waals surface area contributed by atoms with Crippen molar-refractivity contribution in [3.8, 4) is 0 Å². The first-order valence-corrected chi connectivity index (χ1v) is 7.38. The van der Waals surface area contributed by atoms with Crippen LogP contribution in [0.3, 0.4) is 0 Å². The summed E-state index contributed by atoms with van der Waals surface area (Å²) in [6.45, 7) is 10.7. The molecule has 0 bridgehead atoms. The van der Waals surface area contributed by atoms with Gasteiger partial charge in [-0.3, -0.25) is 0 Å². The number of fused-ring (bicyclic) bond motifs is 3. The zero-order chi connectivity index (χ0) is 13.8. The first-order valence-electron chi connectivity index (χ1n) is 7.38. The molecule has 2 aliphatic heterocycles. The maximum absolute atomic E-state index is 3.80. The number of rotatable bonds is 0. The van der Waals surface area contributed by atoms with E-state index in [2.05, 4.69) is 70.1 Å². The molecule has 1 aromatic rings. The van der Waals surface area contributed by atoms with Gasteiger partial charge in [0.25, 0.3) is 0 Å². The fourth-order valence-corrected chi connectivity index (χ4v) is 3.98. The normalized spacial score (nSPS) is 32.0. The second kappa shape index (κ2) is 4.02. The molecular formula is C16H25BN2. The lowest BCUT2D eigenvalue weighted by Gasteiger charge is -2.39. The molecule has 0 unspecified atom stereocenters. The molecule has 0 radical (unpaired) electrons. The predicted octanol–water partition coefficient (Wildman–Crippen LogP) is 2.62. The third kappa shape index (κ3) is 1.99. The number of anilines is 1. The monoisotopic (exact) mass is 256 g/mol. The highest BCUT2D eigenvalue weighted by atomic mass is 15.1. The lowest BCUT2D eigenvalue weighted by molar-refractivity contribution is 0.186. The summed E-state index contributed by atoms with van der Waals surface area (Å²) in [6.07, 6.45) is 1.22. The van der Waals surface area contributed by atoms with E-state index in [4.69, 9.17) is 0 Å². The lowest BCUT2D eigenvalue weighted by Crippen LogP contribution is -2.46. The molecule has 0 spiro atoms. The molecule has 19 heavy (non-hydrogen) atoms. The first kappa shape index (κ1) is 13.0. The average molecular weight is 256 g/mol. The SMILES string of the molecule is BN1CC(C)(C)[C@@H]2Nc3ccccc3[C@@H]2CC1(C)C. The van der Waals surface area contributed by atoms with Gasteiger partial charge in [0.1, 0.15) is 0 Å². The molecule has 1 fully saturated rings. The van der Waals surface area contributed by atoms with Crippen molar-refractivity contribution in [1.82, 2.24) is 4.81 Å². The van der Waals surface area contributed by atoms with E-state index >= 15 is 0 Å². The molecule has 0 saturated carbocycles. The number of nitrogens with one attached hydrogen (secondary N) is 1. The van der Waals surface area contributed by atoms with E-state index < -0.39 is 0 Å². The van der Waals surface area contributed by atoms with Gasteiger partial charge in [0.2, 0.25) is 0 Å². The first-order chi connectivity index (χ1) is 8.81. The van der Waals surface area contributed by atoms with E-state index in [-0.39, 0.29) is 11.0 Å². The molecule has 0 aliphatic carbocycles. The Balaban J connectivity index is 2.06. The Labute approximate surface area is 118 Å². The minimum Gasteiger partial charge on any atom is -0.381 e. The maximum atomic E-state index is 3.80. The zero-order valence-corrected chi connectivity index (χ0v) is 12.8. The summed E-state index contributed by atoms with van der Waals surface area (Å²) in [4.78, 5) is 2.54. The molecule has 3 rings (SSSR count).